The summed E-state index contributed by atoms with van der Waals surface area (Å²) in [6.45, 7) is 0.997. The lowest BCUT2D eigenvalue weighted by Gasteiger charge is -2.23. The molecule has 1 saturated heterocycles. The summed E-state index contributed by atoms with van der Waals surface area (Å²) in [5.74, 6) is -1.73. The Balaban J connectivity index is 1.55. The van der Waals surface area contributed by atoms with Crippen LogP contribution < -0.4 is 10.6 Å². The molecule has 0 aliphatic carbocycles. The van der Waals surface area contributed by atoms with E-state index in [0.29, 0.717) is 5.69 Å². The van der Waals surface area contributed by atoms with E-state index in [1.54, 1.807) is 12.1 Å². The SMILES string of the molecule is CC1(c2ccc(F)cc2Cl)NC(=O)N(CC(=O)Nc2cccc3ccccc23)C1=O. The summed E-state index contributed by atoms with van der Waals surface area (Å²) in [6.07, 6.45) is 0. The summed E-state index contributed by atoms with van der Waals surface area (Å²) >= 11 is 6.09. The number of rotatable bonds is 4. The van der Waals surface area contributed by atoms with E-state index in [2.05, 4.69) is 10.6 Å². The van der Waals surface area contributed by atoms with Gasteiger partial charge in [0.15, 0.2) is 0 Å². The highest BCUT2D eigenvalue weighted by Gasteiger charge is 2.50. The van der Waals surface area contributed by atoms with Gasteiger partial charge < -0.3 is 10.6 Å². The topological polar surface area (TPSA) is 78.5 Å². The van der Waals surface area contributed by atoms with Crippen LogP contribution in [0.3, 0.4) is 0 Å². The molecule has 1 fully saturated rings. The zero-order chi connectivity index (χ0) is 21.5. The van der Waals surface area contributed by atoms with Crippen LogP contribution in [0.25, 0.3) is 10.8 Å². The molecular formula is C22H17ClFN3O3. The van der Waals surface area contributed by atoms with Crippen molar-refractivity contribution in [2.24, 2.45) is 0 Å². The van der Waals surface area contributed by atoms with Crippen molar-refractivity contribution in [2.75, 3.05) is 11.9 Å². The minimum atomic E-state index is -1.50. The van der Waals surface area contributed by atoms with Crippen molar-refractivity contribution in [3.05, 3.63) is 77.1 Å². The molecule has 2 N–H and O–H groups in total. The van der Waals surface area contributed by atoms with E-state index >= 15 is 0 Å². The third-order valence-corrected chi connectivity index (χ3v) is 5.42. The molecule has 0 aromatic heterocycles. The predicted octanol–water partition coefficient (Wildman–Crippen LogP) is 4.04. The molecule has 0 radical (unpaired) electrons. The summed E-state index contributed by atoms with van der Waals surface area (Å²) in [6, 6.07) is 15.8. The lowest BCUT2D eigenvalue weighted by atomic mass is 9.92. The molecule has 0 saturated carbocycles. The fourth-order valence-electron chi connectivity index (χ4n) is 3.59. The van der Waals surface area contributed by atoms with E-state index in [-0.39, 0.29) is 10.6 Å². The van der Waals surface area contributed by atoms with E-state index in [1.165, 1.54) is 13.0 Å². The Bertz CT molecular complexity index is 1190. The molecule has 4 rings (SSSR count). The maximum Gasteiger partial charge on any atom is 0.325 e. The highest BCUT2D eigenvalue weighted by Crippen LogP contribution is 2.34. The molecule has 0 spiro atoms. The van der Waals surface area contributed by atoms with Gasteiger partial charge in [0, 0.05) is 21.7 Å². The number of fused-ring (bicyclic) bond motifs is 1. The van der Waals surface area contributed by atoms with Crippen molar-refractivity contribution in [3.8, 4) is 0 Å². The van der Waals surface area contributed by atoms with E-state index in [4.69, 9.17) is 11.6 Å². The monoisotopic (exact) mass is 425 g/mol. The lowest BCUT2D eigenvalue weighted by molar-refractivity contribution is -0.133. The number of nitrogens with zero attached hydrogens (tertiary/aromatic N) is 1. The molecule has 8 heteroatoms. The fraction of sp³-hybridized carbons (Fsp3) is 0.136. The number of amides is 4. The number of halogens is 2. The van der Waals surface area contributed by atoms with Gasteiger partial charge in [0.2, 0.25) is 5.91 Å². The molecule has 152 valence electrons. The van der Waals surface area contributed by atoms with Gasteiger partial charge in [-0.05, 0) is 30.5 Å². The second kappa shape index (κ2) is 7.42. The predicted molar refractivity (Wildman–Crippen MR) is 112 cm³/mol. The number of carbonyl (C=O) groups is 3. The number of anilines is 1. The van der Waals surface area contributed by atoms with Gasteiger partial charge in [0.25, 0.3) is 5.91 Å². The highest BCUT2D eigenvalue weighted by molar-refractivity contribution is 6.32. The first-order chi connectivity index (χ1) is 14.3. The normalized spacial score (nSPS) is 18.6. The highest BCUT2D eigenvalue weighted by atomic mass is 35.5. The van der Waals surface area contributed by atoms with Crippen molar-refractivity contribution < 1.29 is 18.8 Å². The molecular weight excluding hydrogens is 409 g/mol. The number of carbonyl (C=O) groups excluding carboxylic acids is 3. The van der Waals surface area contributed by atoms with Crippen molar-refractivity contribution in [3.63, 3.8) is 0 Å². The summed E-state index contributed by atoms with van der Waals surface area (Å²) in [5, 5.41) is 7.10. The zero-order valence-electron chi connectivity index (χ0n) is 15.9. The second-order valence-electron chi connectivity index (χ2n) is 7.15. The molecule has 1 aliphatic heterocycles. The van der Waals surface area contributed by atoms with Crippen molar-refractivity contribution in [1.29, 1.82) is 0 Å². The molecule has 1 heterocycles. The maximum absolute atomic E-state index is 13.4. The minimum Gasteiger partial charge on any atom is -0.324 e. The number of hydrogen-bond acceptors (Lipinski definition) is 3. The lowest BCUT2D eigenvalue weighted by Crippen LogP contribution is -2.42. The van der Waals surface area contributed by atoms with Crippen LogP contribution in [0.1, 0.15) is 12.5 Å². The Hall–Kier alpha value is -3.45. The first kappa shape index (κ1) is 19.8. The molecule has 0 bridgehead atoms. The third kappa shape index (κ3) is 3.37. The van der Waals surface area contributed by atoms with Gasteiger partial charge in [-0.15, -0.1) is 0 Å². The van der Waals surface area contributed by atoms with Gasteiger partial charge in [-0.3, -0.25) is 14.5 Å². The molecule has 3 aromatic carbocycles. The second-order valence-corrected chi connectivity index (χ2v) is 7.55. The van der Waals surface area contributed by atoms with E-state index in [1.807, 2.05) is 30.3 Å². The van der Waals surface area contributed by atoms with Gasteiger partial charge >= 0.3 is 6.03 Å². The Labute approximate surface area is 176 Å². The minimum absolute atomic E-state index is 0.00760. The van der Waals surface area contributed by atoms with Gasteiger partial charge in [-0.1, -0.05) is 54.1 Å². The Kier molecular flexibility index (Phi) is 4.91. The summed E-state index contributed by atoms with van der Waals surface area (Å²) < 4.78 is 13.4. The van der Waals surface area contributed by atoms with Gasteiger partial charge in [-0.2, -0.15) is 0 Å². The molecule has 6 nitrogen and oxygen atoms in total. The van der Waals surface area contributed by atoms with Crippen LogP contribution in [0.4, 0.5) is 14.9 Å². The van der Waals surface area contributed by atoms with E-state index in [9.17, 15) is 18.8 Å². The quantitative estimate of drug-likeness (QED) is 0.619. The average molecular weight is 426 g/mol. The van der Waals surface area contributed by atoms with Crippen LogP contribution in [0, 0.1) is 5.82 Å². The van der Waals surface area contributed by atoms with Crippen molar-refractivity contribution in [2.45, 2.75) is 12.5 Å². The van der Waals surface area contributed by atoms with Crippen LogP contribution in [0.2, 0.25) is 5.02 Å². The Morgan fingerprint density at radius 2 is 1.87 bits per heavy atom. The summed E-state index contributed by atoms with van der Waals surface area (Å²) in [5.41, 5.74) is -0.669. The largest absolute Gasteiger partial charge is 0.325 e. The molecule has 1 aliphatic rings. The van der Waals surface area contributed by atoms with Crippen LogP contribution >= 0.6 is 11.6 Å². The molecule has 30 heavy (non-hydrogen) atoms. The fourth-order valence-corrected chi connectivity index (χ4v) is 3.94. The molecule has 1 unspecified atom stereocenters. The van der Waals surface area contributed by atoms with E-state index < -0.39 is 35.7 Å². The number of urea groups is 1. The number of nitrogens with one attached hydrogen (secondary N) is 2. The summed E-state index contributed by atoms with van der Waals surface area (Å²) in [4.78, 5) is 38.9. The van der Waals surface area contributed by atoms with Crippen molar-refractivity contribution >= 4 is 45.9 Å². The maximum atomic E-state index is 13.4. The number of hydrogen-bond donors (Lipinski definition) is 2. The number of benzene rings is 3. The molecule has 1 atom stereocenters. The van der Waals surface area contributed by atoms with Crippen LogP contribution in [0.5, 0.6) is 0 Å². The third-order valence-electron chi connectivity index (χ3n) is 5.11. The smallest absolute Gasteiger partial charge is 0.324 e. The Morgan fingerprint density at radius 1 is 1.13 bits per heavy atom. The molecule has 3 aromatic rings. The Morgan fingerprint density at radius 3 is 2.63 bits per heavy atom. The number of imide groups is 1. The first-order valence-corrected chi connectivity index (χ1v) is 9.54. The van der Waals surface area contributed by atoms with E-state index in [0.717, 1.165) is 27.8 Å². The first-order valence-electron chi connectivity index (χ1n) is 9.17. The van der Waals surface area contributed by atoms with Gasteiger partial charge in [-0.25, -0.2) is 9.18 Å². The van der Waals surface area contributed by atoms with Crippen LogP contribution in [0.15, 0.2) is 60.7 Å². The standard InChI is InChI=1S/C22H17ClFN3O3/c1-22(16-10-9-14(24)11-17(16)23)20(29)27(21(30)26-22)12-19(28)25-18-8-4-6-13-5-2-3-7-15(13)18/h2-11H,12H2,1H3,(H,25,28)(H,26,30). The van der Waals surface area contributed by atoms with Crippen LogP contribution in [-0.2, 0) is 15.1 Å². The summed E-state index contributed by atoms with van der Waals surface area (Å²) in [7, 11) is 0. The van der Waals surface area contributed by atoms with Gasteiger partial charge in [0.1, 0.15) is 17.9 Å². The van der Waals surface area contributed by atoms with Gasteiger partial charge in [0.05, 0.1) is 0 Å². The average Bonchev–Trinajstić information content (AvgIpc) is 2.92. The zero-order valence-corrected chi connectivity index (χ0v) is 16.7. The van der Waals surface area contributed by atoms with Crippen LogP contribution in [-0.4, -0.2) is 29.3 Å². The molecule has 4 amide bonds. The van der Waals surface area contributed by atoms with Crippen molar-refractivity contribution in [1.82, 2.24) is 10.2 Å².